The van der Waals surface area contributed by atoms with Gasteiger partial charge in [0.25, 0.3) is 0 Å². The third-order valence-electron chi connectivity index (χ3n) is 5.27. The summed E-state index contributed by atoms with van der Waals surface area (Å²) in [5.41, 5.74) is 4.15. The second-order valence-corrected chi connectivity index (χ2v) is 6.81. The van der Waals surface area contributed by atoms with Crippen molar-refractivity contribution in [3.05, 3.63) is 53.7 Å². The second kappa shape index (κ2) is 8.38. The molecule has 0 saturated heterocycles. The molecule has 0 aliphatic heterocycles. The number of methoxy groups -OCH3 is 2. The number of nitrogens with zero attached hydrogens (tertiary/aromatic N) is 1. The van der Waals surface area contributed by atoms with Crippen LogP contribution in [0.25, 0.3) is 10.9 Å². The Morgan fingerprint density at radius 1 is 1.07 bits per heavy atom. The summed E-state index contributed by atoms with van der Waals surface area (Å²) >= 11 is 0. The zero-order valence-electron chi connectivity index (χ0n) is 17.2. The average molecular weight is 380 g/mol. The molecule has 0 radical (unpaired) electrons. The number of hydrogen-bond acceptors (Lipinski definition) is 3. The smallest absolute Gasteiger partial charge is 0.247 e. The number of aryl methyl sites for hydroxylation is 2. The molecule has 0 aliphatic rings. The molecule has 5 heteroatoms. The lowest BCUT2D eigenvalue weighted by molar-refractivity contribution is -0.118. The van der Waals surface area contributed by atoms with Crippen molar-refractivity contribution in [2.45, 2.75) is 39.7 Å². The Hall–Kier alpha value is -2.95. The summed E-state index contributed by atoms with van der Waals surface area (Å²) in [6.45, 7) is 6.11. The normalized spacial score (nSPS) is 12.0. The van der Waals surface area contributed by atoms with Gasteiger partial charge in [-0.2, -0.15) is 0 Å². The quantitative estimate of drug-likeness (QED) is 0.629. The van der Waals surface area contributed by atoms with Gasteiger partial charge in [-0.15, -0.1) is 0 Å². The Morgan fingerprint density at radius 2 is 1.75 bits per heavy atom. The molecule has 148 valence electrons. The van der Waals surface area contributed by atoms with Gasteiger partial charge >= 0.3 is 0 Å². The number of nitrogens with one attached hydrogen (secondary N) is 1. The van der Waals surface area contributed by atoms with Crippen LogP contribution in [0.2, 0.25) is 0 Å². The molecule has 2 aromatic carbocycles. The van der Waals surface area contributed by atoms with Crippen LogP contribution in [0, 0.1) is 0 Å². The highest BCUT2D eigenvalue weighted by Gasteiger charge is 2.20. The lowest BCUT2D eigenvalue weighted by Gasteiger charge is -2.19. The van der Waals surface area contributed by atoms with E-state index >= 15 is 0 Å². The molecule has 1 aromatic heterocycles. The topological polar surface area (TPSA) is 52.5 Å². The maximum absolute atomic E-state index is 13.1. The van der Waals surface area contributed by atoms with Gasteiger partial charge in [-0.25, -0.2) is 0 Å². The number of ether oxygens (including phenoxy) is 2. The molecule has 0 bridgehead atoms. The van der Waals surface area contributed by atoms with E-state index in [9.17, 15) is 4.79 Å². The fraction of sp³-hybridized carbons (Fsp3) is 0.348. The van der Waals surface area contributed by atoms with Gasteiger partial charge in [-0.1, -0.05) is 32.0 Å². The van der Waals surface area contributed by atoms with Gasteiger partial charge < -0.3 is 19.4 Å². The highest BCUT2D eigenvalue weighted by Crippen LogP contribution is 2.34. The lowest BCUT2D eigenvalue weighted by atomic mass is 10.0. The molecule has 0 saturated carbocycles. The van der Waals surface area contributed by atoms with E-state index in [1.807, 2.05) is 35.9 Å². The Balaban J connectivity index is 1.97. The number of anilines is 1. The summed E-state index contributed by atoms with van der Waals surface area (Å²) in [7, 11) is 3.26. The highest BCUT2D eigenvalue weighted by molar-refractivity contribution is 5.97. The second-order valence-electron chi connectivity index (χ2n) is 6.81. The molecule has 0 aliphatic carbocycles. The van der Waals surface area contributed by atoms with Gasteiger partial charge in [0.15, 0.2) is 0 Å². The van der Waals surface area contributed by atoms with Crippen LogP contribution in [-0.4, -0.2) is 24.7 Å². The monoisotopic (exact) mass is 380 g/mol. The van der Waals surface area contributed by atoms with Crippen molar-refractivity contribution >= 4 is 22.5 Å². The molecule has 1 N–H and O–H groups in total. The molecular weight excluding hydrogens is 352 g/mol. The van der Waals surface area contributed by atoms with E-state index in [1.165, 1.54) is 0 Å². The zero-order chi connectivity index (χ0) is 20.3. The molecule has 3 rings (SSSR count). The molecule has 1 atom stereocenters. The van der Waals surface area contributed by atoms with Crippen molar-refractivity contribution in [1.82, 2.24) is 4.57 Å². The number of benzene rings is 2. The average Bonchev–Trinajstić information content (AvgIpc) is 3.16. The minimum Gasteiger partial charge on any atom is -0.497 e. The van der Waals surface area contributed by atoms with E-state index in [1.54, 1.807) is 14.2 Å². The third kappa shape index (κ3) is 3.57. The Labute approximate surface area is 166 Å². The number of para-hydroxylation sites is 1. The summed E-state index contributed by atoms with van der Waals surface area (Å²) in [4.78, 5) is 13.1. The first-order chi connectivity index (χ1) is 13.5. The van der Waals surface area contributed by atoms with E-state index in [2.05, 4.69) is 37.4 Å². The minimum atomic E-state index is -0.385. The summed E-state index contributed by atoms with van der Waals surface area (Å²) in [6.07, 6.45) is 3.67. The molecule has 0 fully saturated rings. The summed E-state index contributed by atoms with van der Waals surface area (Å²) in [5.74, 6) is 1.38. The summed E-state index contributed by atoms with van der Waals surface area (Å²) < 4.78 is 12.8. The largest absolute Gasteiger partial charge is 0.497 e. The van der Waals surface area contributed by atoms with Crippen LogP contribution in [0.3, 0.4) is 0 Å². The van der Waals surface area contributed by atoms with Crippen LogP contribution in [0.4, 0.5) is 5.69 Å². The lowest BCUT2D eigenvalue weighted by Crippen LogP contribution is -2.24. The molecule has 1 amide bonds. The number of hydrogen-bond donors (Lipinski definition) is 1. The van der Waals surface area contributed by atoms with E-state index in [4.69, 9.17) is 9.47 Å². The fourth-order valence-corrected chi connectivity index (χ4v) is 3.59. The van der Waals surface area contributed by atoms with E-state index in [0.717, 1.165) is 46.3 Å². The third-order valence-corrected chi connectivity index (χ3v) is 5.27. The van der Waals surface area contributed by atoms with E-state index in [-0.39, 0.29) is 11.9 Å². The molecule has 28 heavy (non-hydrogen) atoms. The van der Waals surface area contributed by atoms with Gasteiger partial charge in [0, 0.05) is 29.4 Å². The van der Waals surface area contributed by atoms with Crippen LogP contribution in [0.15, 0.2) is 42.6 Å². The maximum atomic E-state index is 13.1. The number of carbonyl (C=O) groups excluding carboxylic acids is 1. The zero-order valence-corrected chi connectivity index (χ0v) is 17.2. The first kappa shape index (κ1) is 19.8. The Bertz CT molecular complexity index is 969. The van der Waals surface area contributed by atoms with Crippen LogP contribution in [0.5, 0.6) is 11.5 Å². The summed E-state index contributed by atoms with van der Waals surface area (Å²) in [5, 5.41) is 4.12. The minimum absolute atomic E-state index is 0.0464. The van der Waals surface area contributed by atoms with Crippen molar-refractivity contribution in [3.8, 4) is 11.5 Å². The predicted molar refractivity (Wildman–Crippen MR) is 114 cm³/mol. The van der Waals surface area contributed by atoms with Crippen LogP contribution in [-0.2, 0) is 17.6 Å². The maximum Gasteiger partial charge on any atom is 0.247 e. The van der Waals surface area contributed by atoms with Crippen LogP contribution in [0.1, 0.15) is 37.9 Å². The summed E-state index contributed by atoms with van der Waals surface area (Å²) in [6, 6.07) is 11.6. The van der Waals surface area contributed by atoms with Gasteiger partial charge in [-0.05, 0) is 37.0 Å². The van der Waals surface area contributed by atoms with Crippen molar-refractivity contribution in [2.24, 2.45) is 0 Å². The molecule has 3 aromatic rings. The van der Waals surface area contributed by atoms with Gasteiger partial charge in [0.1, 0.15) is 17.5 Å². The first-order valence-electron chi connectivity index (χ1n) is 9.68. The standard InChI is InChI=1S/C23H28N2O3/c1-6-16-9-8-10-17(7-2)22(16)24-23(26)15(3)25-12-11-19-20(25)13-18(27-4)14-21(19)28-5/h8-15H,6-7H2,1-5H3,(H,24,26). The van der Waals surface area contributed by atoms with E-state index < -0.39 is 0 Å². The Morgan fingerprint density at radius 3 is 2.32 bits per heavy atom. The number of carbonyl (C=O) groups is 1. The SMILES string of the molecule is CCc1cccc(CC)c1NC(=O)C(C)n1ccc2c(OC)cc(OC)cc21. The number of fused-ring (bicyclic) bond motifs is 1. The van der Waals surface area contributed by atoms with Crippen LogP contribution >= 0.6 is 0 Å². The van der Waals surface area contributed by atoms with Crippen molar-refractivity contribution in [2.75, 3.05) is 19.5 Å². The van der Waals surface area contributed by atoms with Gasteiger partial charge in [0.05, 0.1) is 19.7 Å². The Kier molecular flexibility index (Phi) is 5.93. The molecule has 5 nitrogen and oxygen atoms in total. The fourth-order valence-electron chi connectivity index (χ4n) is 3.59. The van der Waals surface area contributed by atoms with Crippen LogP contribution < -0.4 is 14.8 Å². The molecule has 1 heterocycles. The van der Waals surface area contributed by atoms with Gasteiger partial charge in [0.2, 0.25) is 5.91 Å². The molecule has 0 spiro atoms. The highest BCUT2D eigenvalue weighted by atomic mass is 16.5. The van der Waals surface area contributed by atoms with Crippen molar-refractivity contribution in [1.29, 1.82) is 0 Å². The predicted octanol–water partition coefficient (Wildman–Crippen LogP) is 4.98. The van der Waals surface area contributed by atoms with Crippen molar-refractivity contribution in [3.63, 3.8) is 0 Å². The number of amides is 1. The molecular formula is C23H28N2O3. The van der Waals surface area contributed by atoms with Crippen molar-refractivity contribution < 1.29 is 14.3 Å². The first-order valence-corrected chi connectivity index (χ1v) is 9.68. The number of rotatable bonds is 7. The molecule has 1 unspecified atom stereocenters. The van der Waals surface area contributed by atoms with E-state index in [0.29, 0.717) is 5.75 Å². The van der Waals surface area contributed by atoms with Gasteiger partial charge in [-0.3, -0.25) is 4.79 Å². The number of aromatic nitrogens is 1.